The Bertz CT molecular complexity index is 1030. The highest BCUT2D eigenvalue weighted by atomic mass is 16.3. The van der Waals surface area contributed by atoms with Gasteiger partial charge in [0, 0.05) is 11.3 Å². The molecule has 0 aliphatic carbocycles. The molecule has 0 spiro atoms. The summed E-state index contributed by atoms with van der Waals surface area (Å²) >= 11 is 0. The maximum atomic E-state index is 12.1. The second kappa shape index (κ2) is 8.14. The second-order valence-corrected chi connectivity index (χ2v) is 5.88. The van der Waals surface area contributed by atoms with Crippen molar-refractivity contribution in [1.29, 1.82) is 0 Å². The molecule has 3 aromatic carbocycles. The number of fused-ring (bicyclic) bond motifs is 1. The Balaban J connectivity index is 1.70. The molecular formula is C21H19N3O3. The van der Waals surface area contributed by atoms with E-state index in [1.54, 1.807) is 24.3 Å². The van der Waals surface area contributed by atoms with E-state index in [1.165, 1.54) is 6.21 Å². The van der Waals surface area contributed by atoms with Crippen LogP contribution in [-0.4, -0.2) is 23.1 Å². The molecule has 0 aliphatic rings. The molecule has 0 aliphatic heterocycles. The van der Waals surface area contributed by atoms with Gasteiger partial charge in [0.05, 0.1) is 6.21 Å². The number of nitrogens with zero attached hydrogens (tertiary/aromatic N) is 1. The number of hydrogen-bond donors (Lipinski definition) is 3. The van der Waals surface area contributed by atoms with E-state index in [0.29, 0.717) is 11.3 Å². The minimum Gasteiger partial charge on any atom is -0.507 e. The predicted molar refractivity (Wildman–Crippen MR) is 106 cm³/mol. The number of rotatable bonds is 4. The van der Waals surface area contributed by atoms with Crippen molar-refractivity contribution in [3.8, 4) is 5.75 Å². The number of benzene rings is 3. The van der Waals surface area contributed by atoms with Crippen molar-refractivity contribution < 1.29 is 14.7 Å². The summed E-state index contributed by atoms with van der Waals surface area (Å²) in [5, 5.41) is 18.2. The lowest BCUT2D eigenvalue weighted by molar-refractivity contribution is -0.136. The normalized spacial score (nSPS) is 10.9. The topological polar surface area (TPSA) is 90.8 Å². The van der Waals surface area contributed by atoms with Crippen molar-refractivity contribution in [2.75, 3.05) is 5.32 Å². The van der Waals surface area contributed by atoms with E-state index in [9.17, 15) is 14.7 Å². The number of hydrazone groups is 1. The first-order valence-corrected chi connectivity index (χ1v) is 8.53. The van der Waals surface area contributed by atoms with Crippen molar-refractivity contribution in [1.82, 2.24) is 5.43 Å². The number of phenolic OH excluding ortho intramolecular Hbond substituents is 1. The maximum absolute atomic E-state index is 12.1. The molecule has 0 radical (unpaired) electrons. The first-order valence-electron chi connectivity index (χ1n) is 8.53. The number of hydrogen-bond acceptors (Lipinski definition) is 4. The molecular weight excluding hydrogens is 342 g/mol. The quantitative estimate of drug-likeness (QED) is 0.379. The maximum Gasteiger partial charge on any atom is 0.329 e. The van der Waals surface area contributed by atoms with E-state index < -0.39 is 11.8 Å². The Kier molecular flexibility index (Phi) is 5.47. The monoisotopic (exact) mass is 361 g/mol. The molecule has 0 atom stereocenters. The lowest BCUT2D eigenvalue weighted by Gasteiger charge is -2.08. The van der Waals surface area contributed by atoms with Gasteiger partial charge in [-0.15, -0.1) is 0 Å². The molecule has 3 N–H and O–H groups in total. The van der Waals surface area contributed by atoms with Crippen LogP contribution in [0.2, 0.25) is 0 Å². The van der Waals surface area contributed by atoms with Crippen molar-refractivity contribution in [3.63, 3.8) is 0 Å². The molecule has 2 amide bonds. The lowest BCUT2D eigenvalue weighted by atomic mass is 10.0. The molecule has 27 heavy (non-hydrogen) atoms. The summed E-state index contributed by atoms with van der Waals surface area (Å²) in [6.07, 6.45) is 2.05. The van der Waals surface area contributed by atoms with Crippen LogP contribution in [0, 0.1) is 0 Å². The number of amides is 2. The van der Waals surface area contributed by atoms with Crippen LogP contribution < -0.4 is 10.7 Å². The van der Waals surface area contributed by atoms with Crippen LogP contribution >= 0.6 is 0 Å². The Morgan fingerprint density at radius 3 is 2.56 bits per heavy atom. The number of anilines is 1. The van der Waals surface area contributed by atoms with Crippen LogP contribution in [0.5, 0.6) is 5.75 Å². The molecule has 6 nitrogen and oxygen atoms in total. The van der Waals surface area contributed by atoms with Crippen LogP contribution in [0.25, 0.3) is 10.8 Å². The highest BCUT2D eigenvalue weighted by molar-refractivity contribution is 6.39. The summed E-state index contributed by atoms with van der Waals surface area (Å²) in [4.78, 5) is 24.0. The molecule has 0 heterocycles. The van der Waals surface area contributed by atoms with Crippen LogP contribution in [0.4, 0.5) is 5.69 Å². The molecule has 0 bridgehead atoms. The third-order valence-corrected chi connectivity index (χ3v) is 4.16. The number of aromatic hydroxyl groups is 1. The van der Waals surface area contributed by atoms with Gasteiger partial charge < -0.3 is 10.4 Å². The summed E-state index contributed by atoms with van der Waals surface area (Å²) in [6.45, 7) is 1.96. The van der Waals surface area contributed by atoms with Gasteiger partial charge in [0.2, 0.25) is 0 Å². The van der Waals surface area contributed by atoms with Crippen molar-refractivity contribution in [2.24, 2.45) is 5.10 Å². The van der Waals surface area contributed by atoms with Gasteiger partial charge in [0.15, 0.2) is 0 Å². The van der Waals surface area contributed by atoms with Crippen molar-refractivity contribution >= 4 is 34.5 Å². The van der Waals surface area contributed by atoms with Crippen LogP contribution in [-0.2, 0) is 16.0 Å². The first kappa shape index (κ1) is 18.1. The van der Waals surface area contributed by atoms with Gasteiger partial charge in [0.25, 0.3) is 0 Å². The zero-order valence-corrected chi connectivity index (χ0v) is 14.8. The number of para-hydroxylation sites is 1. The van der Waals surface area contributed by atoms with E-state index in [2.05, 4.69) is 15.8 Å². The number of carbonyl (C=O) groups is 2. The van der Waals surface area contributed by atoms with E-state index >= 15 is 0 Å². The molecule has 6 heteroatoms. The average molecular weight is 361 g/mol. The Morgan fingerprint density at radius 2 is 1.74 bits per heavy atom. The fraction of sp³-hybridized carbons (Fsp3) is 0.0952. The van der Waals surface area contributed by atoms with Crippen LogP contribution in [0.15, 0.2) is 65.8 Å². The van der Waals surface area contributed by atoms with Crippen molar-refractivity contribution in [2.45, 2.75) is 13.3 Å². The zero-order valence-electron chi connectivity index (χ0n) is 14.8. The molecule has 0 fully saturated rings. The van der Waals surface area contributed by atoms with Gasteiger partial charge in [-0.25, -0.2) is 5.43 Å². The standard InChI is InChI=1S/C21H19N3O3/c1-2-14-7-4-6-10-18(14)23-20(26)21(27)24-22-13-17-16-9-5-3-8-15(16)11-12-19(17)25/h3-13,25H,2H2,1H3,(H,23,26)(H,24,27)/b22-13-. The summed E-state index contributed by atoms with van der Waals surface area (Å²) in [5.41, 5.74) is 4.18. The number of carbonyl (C=O) groups excluding carboxylic acids is 2. The Morgan fingerprint density at radius 1 is 1.00 bits per heavy atom. The minimum absolute atomic E-state index is 0.0352. The number of nitrogens with one attached hydrogen (secondary N) is 2. The lowest BCUT2D eigenvalue weighted by Crippen LogP contribution is -2.32. The molecule has 3 aromatic rings. The van der Waals surface area contributed by atoms with Gasteiger partial charge in [-0.1, -0.05) is 55.5 Å². The molecule has 3 rings (SSSR count). The fourth-order valence-corrected chi connectivity index (χ4v) is 2.76. The summed E-state index contributed by atoms with van der Waals surface area (Å²) in [7, 11) is 0. The zero-order chi connectivity index (χ0) is 19.2. The van der Waals surface area contributed by atoms with E-state index in [4.69, 9.17) is 0 Å². The average Bonchev–Trinajstić information content (AvgIpc) is 2.69. The molecule has 0 saturated heterocycles. The van der Waals surface area contributed by atoms with Gasteiger partial charge >= 0.3 is 11.8 Å². The van der Waals surface area contributed by atoms with E-state index in [0.717, 1.165) is 22.8 Å². The van der Waals surface area contributed by atoms with Gasteiger partial charge in [0.1, 0.15) is 5.75 Å². The smallest absolute Gasteiger partial charge is 0.329 e. The first-order chi connectivity index (χ1) is 13.1. The van der Waals surface area contributed by atoms with E-state index in [-0.39, 0.29) is 5.75 Å². The fourth-order valence-electron chi connectivity index (χ4n) is 2.76. The number of phenols is 1. The van der Waals surface area contributed by atoms with Gasteiger partial charge in [-0.3, -0.25) is 9.59 Å². The van der Waals surface area contributed by atoms with Gasteiger partial charge in [-0.2, -0.15) is 5.10 Å². The predicted octanol–water partition coefficient (Wildman–Crippen LogP) is 3.20. The van der Waals surface area contributed by atoms with E-state index in [1.807, 2.05) is 43.3 Å². The second-order valence-electron chi connectivity index (χ2n) is 5.88. The third kappa shape index (κ3) is 4.12. The summed E-state index contributed by atoms with van der Waals surface area (Å²) in [5.74, 6) is -1.67. The third-order valence-electron chi connectivity index (χ3n) is 4.16. The Labute approximate surface area is 156 Å². The number of aryl methyl sites for hydroxylation is 1. The molecule has 0 unspecified atom stereocenters. The summed E-state index contributed by atoms with van der Waals surface area (Å²) in [6, 6.07) is 18.1. The highest BCUT2D eigenvalue weighted by Gasteiger charge is 2.14. The molecule has 0 aromatic heterocycles. The van der Waals surface area contributed by atoms with Gasteiger partial charge in [-0.05, 0) is 34.9 Å². The van der Waals surface area contributed by atoms with Crippen LogP contribution in [0.1, 0.15) is 18.1 Å². The minimum atomic E-state index is -0.892. The SMILES string of the molecule is CCc1ccccc1NC(=O)C(=O)N/N=C\c1c(O)ccc2ccccc12. The molecule has 136 valence electrons. The largest absolute Gasteiger partial charge is 0.507 e. The highest BCUT2D eigenvalue weighted by Crippen LogP contribution is 2.25. The summed E-state index contributed by atoms with van der Waals surface area (Å²) < 4.78 is 0. The van der Waals surface area contributed by atoms with Crippen molar-refractivity contribution in [3.05, 3.63) is 71.8 Å². The molecule has 0 saturated carbocycles. The van der Waals surface area contributed by atoms with Crippen LogP contribution in [0.3, 0.4) is 0 Å². The Hall–Kier alpha value is -3.67.